The number of hydrogen-bond donors (Lipinski definition) is 0. The Morgan fingerprint density at radius 3 is 2.20 bits per heavy atom. The highest BCUT2D eigenvalue weighted by molar-refractivity contribution is 5.83. The highest BCUT2D eigenvalue weighted by Gasteiger charge is 2.21. The van der Waals surface area contributed by atoms with Gasteiger partial charge in [0.25, 0.3) is 0 Å². The van der Waals surface area contributed by atoms with E-state index >= 15 is 0 Å². The molecule has 0 saturated heterocycles. The van der Waals surface area contributed by atoms with Crippen LogP contribution < -0.4 is 0 Å². The summed E-state index contributed by atoms with van der Waals surface area (Å²) in [4.78, 5) is 23.3. The molecule has 1 aromatic rings. The third-order valence-corrected chi connectivity index (χ3v) is 2.99. The van der Waals surface area contributed by atoms with Crippen molar-refractivity contribution in [3.63, 3.8) is 0 Å². The van der Waals surface area contributed by atoms with Crippen LogP contribution in [-0.4, -0.2) is 12.1 Å². The Morgan fingerprint density at radius 2 is 1.65 bits per heavy atom. The van der Waals surface area contributed by atoms with Gasteiger partial charge in [0.1, 0.15) is 6.61 Å². The normalized spacial score (nSPS) is 10.3. The van der Waals surface area contributed by atoms with Gasteiger partial charge in [-0.1, -0.05) is 57.0 Å². The topological polar surface area (TPSA) is 52.6 Å². The van der Waals surface area contributed by atoms with Gasteiger partial charge in [-0.15, -0.1) is 0 Å². The van der Waals surface area contributed by atoms with Crippen molar-refractivity contribution in [3.8, 4) is 0 Å². The first kappa shape index (κ1) is 16.2. The van der Waals surface area contributed by atoms with E-state index < -0.39 is 12.1 Å². The molecule has 1 aromatic carbocycles. The standard InChI is InChI=1S/C16H22O4/c1-3-8-14(9-4-2)15(17)20-16(18)19-12-13-10-6-5-7-11-13/h5-7,10-11,14H,3-4,8-9,12H2,1-2H3. The second-order valence-corrected chi connectivity index (χ2v) is 4.72. The molecule has 1 rings (SSSR count). The molecule has 0 spiro atoms. The maximum Gasteiger partial charge on any atom is 0.516 e. The van der Waals surface area contributed by atoms with Gasteiger partial charge in [-0.2, -0.15) is 0 Å². The summed E-state index contributed by atoms with van der Waals surface area (Å²) in [7, 11) is 0. The van der Waals surface area contributed by atoms with Crippen molar-refractivity contribution in [3.05, 3.63) is 35.9 Å². The van der Waals surface area contributed by atoms with Crippen LogP contribution in [0.4, 0.5) is 4.79 Å². The third-order valence-electron chi connectivity index (χ3n) is 2.99. The lowest BCUT2D eigenvalue weighted by atomic mass is 9.99. The molecule has 4 heteroatoms. The number of esters is 1. The summed E-state index contributed by atoms with van der Waals surface area (Å²) in [5.41, 5.74) is 0.857. The first-order valence-electron chi connectivity index (χ1n) is 7.09. The van der Waals surface area contributed by atoms with E-state index in [1.807, 2.05) is 44.2 Å². The van der Waals surface area contributed by atoms with Crippen molar-refractivity contribution in [2.45, 2.75) is 46.1 Å². The van der Waals surface area contributed by atoms with Crippen LogP contribution in [0.3, 0.4) is 0 Å². The predicted molar refractivity (Wildman–Crippen MR) is 76.0 cm³/mol. The van der Waals surface area contributed by atoms with Gasteiger partial charge < -0.3 is 9.47 Å². The van der Waals surface area contributed by atoms with Crippen LogP contribution in [0.15, 0.2) is 30.3 Å². The Hall–Kier alpha value is -1.84. The molecule has 0 atom stereocenters. The summed E-state index contributed by atoms with van der Waals surface area (Å²) >= 11 is 0. The fourth-order valence-electron chi connectivity index (χ4n) is 1.99. The molecule has 0 fully saturated rings. The van der Waals surface area contributed by atoms with Gasteiger partial charge in [-0.05, 0) is 18.4 Å². The molecular weight excluding hydrogens is 256 g/mol. The van der Waals surface area contributed by atoms with Crippen molar-refractivity contribution >= 4 is 12.1 Å². The SMILES string of the molecule is CCCC(CCC)C(=O)OC(=O)OCc1ccccc1. The van der Waals surface area contributed by atoms with Gasteiger partial charge in [0, 0.05) is 0 Å². The average Bonchev–Trinajstić information content (AvgIpc) is 2.46. The van der Waals surface area contributed by atoms with Crippen molar-refractivity contribution in [2.24, 2.45) is 5.92 Å². The summed E-state index contributed by atoms with van der Waals surface area (Å²) in [5, 5.41) is 0. The monoisotopic (exact) mass is 278 g/mol. The van der Waals surface area contributed by atoms with Crippen LogP contribution in [0.25, 0.3) is 0 Å². The first-order valence-corrected chi connectivity index (χ1v) is 7.09. The van der Waals surface area contributed by atoms with Crippen LogP contribution in [0.1, 0.15) is 45.1 Å². The van der Waals surface area contributed by atoms with Gasteiger partial charge in [0.2, 0.25) is 0 Å². The lowest BCUT2D eigenvalue weighted by Gasteiger charge is -2.13. The molecule has 0 radical (unpaired) electrons. The molecule has 0 bridgehead atoms. The number of benzene rings is 1. The van der Waals surface area contributed by atoms with Crippen molar-refractivity contribution in [2.75, 3.05) is 0 Å². The molecule has 0 aromatic heterocycles. The molecule has 0 N–H and O–H groups in total. The van der Waals surface area contributed by atoms with Crippen LogP contribution in [0.5, 0.6) is 0 Å². The fourth-order valence-corrected chi connectivity index (χ4v) is 1.99. The van der Waals surface area contributed by atoms with E-state index in [1.165, 1.54) is 0 Å². The molecule has 0 aliphatic heterocycles. The average molecular weight is 278 g/mol. The Balaban J connectivity index is 2.38. The molecule has 0 unspecified atom stereocenters. The number of carbonyl (C=O) groups is 2. The lowest BCUT2D eigenvalue weighted by Crippen LogP contribution is -2.22. The van der Waals surface area contributed by atoms with Crippen molar-refractivity contribution in [1.82, 2.24) is 0 Å². The van der Waals surface area contributed by atoms with Gasteiger partial charge in [0.15, 0.2) is 0 Å². The van der Waals surface area contributed by atoms with Crippen LogP contribution in [0.2, 0.25) is 0 Å². The van der Waals surface area contributed by atoms with E-state index in [1.54, 1.807) is 0 Å². The van der Waals surface area contributed by atoms with E-state index in [9.17, 15) is 9.59 Å². The number of rotatable bonds is 7. The Labute approximate surface area is 120 Å². The minimum Gasteiger partial charge on any atom is -0.429 e. The lowest BCUT2D eigenvalue weighted by molar-refractivity contribution is -0.145. The molecule has 110 valence electrons. The van der Waals surface area contributed by atoms with E-state index in [0.717, 1.165) is 31.2 Å². The Kier molecular flexibility index (Phi) is 7.40. The first-order chi connectivity index (χ1) is 9.67. The fraction of sp³-hybridized carbons (Fsp3) is 0.500. The zero-order valence-corrected chi connectivity index (χ0v) is 12.1. The molecular formula is C16H22O4. The molecule has 0 saturated carbocycles. The summed E-state index contributed by atoms with van der Waals surface area (Å²) in [6.45, 7) is 4.12. The summed E-state index contributed by atoms with van der Waals surface area (Å²) in [6.07, 6.45) is 2.32. The highest BCUT2D eigenvalue weighted by atomic mass is 16.7. The Bertz CT molecular complexity index is 408. The zero-order chi connectivity index (χ0) is 14.8. The quantitative estimate of drug-likeness (QED) is 0.557. The van der Waals surface area contributed by atoms with Crippen molar-refractivity contribution in [1.29, 1.82) is 0 Å². The van der Waals surface area contributed by atoms with E-state index in [2.05, 4.69) is 0 Å². The largest absolute Gasteiger partial charge is 0.516 e. The van der Waals surface area contributed by atoms with E-state index in [0.29, 0.717) is 0 Å². The highest BCUT2D eigenvalue weighted by Crippen LogP contribution is 2.15. The predicted octanol–water partition coefficient (Wildman–Crippen LogP) is 4.08. The number of ether oxygens (including phenoxy) is 2. The maximum absolute atomic E-state index is 11.8. The molecule has 0 aliphatic carbocycles. The van der Waals surface area contributed by atoms with E-state index in [-0.39, 0.29) is 12.5 Å². The second kappa shape index (κ2) is 9.13. The van der Waals surface area contributed by atoms with Gasteiger partial charge in [-0.3, -0.25) is 4.79 Å². The minimum atomic E-state index is -0.920. The number of carbonyl (C=O) groups excluding carboxylic acids is 2. The summed E-state index contributed by atoms with van der Waals surface area (Å²) in [5.74, 6) is -0.693. The van der Waals surface area contributed by atoms with Gasteiger partial charge in [-0.25, -0.2) is 4.79 Å². The molecule has 0 aliphatic rings. The summed E-state index contributed by atoms with van der Waals surface area (Å²) in [6, 6.07) is 9.27. The molecule has 4 nitrogen and oxygen atoms in total. The summed E-state index contributed by atoms with van der Waals surface area (Å²) < 4.78 is 9.66. The zero-order valence-electron chi connectivity index (χ0n) is 12.1. The van der Waals surface area contributed by atoms with E-state index in [4.69, 9.17) is 9.47 Å². The maximum atomic E-state index is 11.8. The van der Waals surface area contributed by atoms with Crippen molar-refractivity contribution < 1.29 is 19.1 Å². The second-order valence-electron chi connectivity index (χ2n) is 4.72. The Morgan fingerprint density at radius 1 is 1.05 bits per heavy atom. The van der Waals surface area contributed by atoms with Crippen LogP contribution >= 0.6 is 0 Å². The molecule has 20 heavy (non-hydrogen) atoms. The minimum absolute atomic E-state index is 0.110. The smallest absolute Gasteiger partial charge is 0.429 e. The molecule has 0 amide bonds. The van der Waals surface area contributed by atoms with Crippen LogP contribution in [-0.2, 0) is 20.9 Å². The van der Waals surface area contributed by atoms with Crippen LogP contribution in [0, 0.1) is 5.92 Å². The third kappa shape index (κ3) is 5.87. The number of hydrogen-bond acceptors (Lipinski definition) is 4. The van der Waals surface area contributed by atoms with Gasteiger partial charge in [0.05, 0.1) is 5.92 Å². The molecule has 0 heterocycles. The van der Waals surface area contributed by atoms with Gasteiger partial charge >= 0.3 is 12.1 Å².